The Kier molecular flexibility index (Phi) is 5.18. The molecule has 0 bridgehead atoms. The summed E-state index contributed by atoms with van der Waals surface area (Å²) in [6.45, 7) is 4.48. The lowest BCUT2D eigenvalue weighted by Gasteiger charge is -2.22. The Hall–Kier alpha value is -1.35. The lowest BCUT2D eigenvalue weighted by Crippen LogP contribution is -2.32. The Bertz CT molecular complexity index is 538. The Morgan fingerprint density at radius 1 is 1.15 bits per heavy atom. The Morgan fingerprint density at radius 3 is 2.45 bits per heavy atom. The second-order valence-corrected chi connectivity index (χ2v) is 5.79. The molecule has 0 radical (unpaired) electrons. The molecule has 1 atom stereocenters. The highest BCUT2D eigenvalue weighted by Crippen LogP contribution is 2.23. The van der Waals surface area contributed by atoms with Crippen LogP contribution < -0.4 is 5.73 Å². The van der Waals surface area contributed by atoms with Crippen molar-refractivity contribution in [1.29, 1.82) is 0 Å². The Balaban J connectivity index is 2.18. The average molecular weight is 273 g/mol. The quantitative estimate of drug-likeness (QED) is 0.836. The van der Waals surface area contributed by atoms with Crippen LogP contribution in [0.3, 0.4) is 0 Å². The number of aryl methyl sites for hydroxylation is 1. The summed E-state index contributed by atoms with van der Waals surface area (Å²) < 4.78 is 1.96. The number of rotatable bonds is 7. The summed E-state index contributed by atoms with van der Waals surface area (Å²) in [5.74, 6) is 0.616. The molecular formula is C17H27N3. The van der Waals surface area contributed by atoms with Crippen molar-refractivity contribution in [2.45, 2.75) is 52.0 Å². The third kappa shape index (κ3) is 3.21. The molecule has 110 valence electrons. The van der Waals surface area contributed by atoms with E-state index in [1.165, 1.54) is 36.6 Å². The molecule has 1 aromatic carbocycles. The first-order chi connectivity index (χ1) is 9.67. The van der Waals surface area contributed by atoms with Crippen LogP contribution in [0.1, 0.15) is 45.2 Å². The summed E-state index contributed by atoms with van der Waals surface area (Å²) in [6, 6.07) is 8.62. The lowest BCUT2D eigenvalue weighted by molar-refractivity contribution is 0.358. The first kappa shape index (κ1) is 15.0. The van der Waals surface area contributed by atoms with Crippen LogP contribution in [-0.2, 0) is 13.5 Å². The standard InChI is InChI=1S/C17H27N3/c1-4-8-13(9-5-2)15(18)12-16-14-10-6-7-11-17(14)20(3)19-16/h6-7,10-11,13,15H,4-5,8-9,12,18H2,1-3H3. The SMILES string of the molecule is CCCC(CCC)C(N)Cc1nn(C)c2ccccc12. The van der Waals surface area contributed by atoms with Crippen molar-refractivity contribution < 1.29 is 0 Å². The average Bonchev–Trinajstić information content (AvgIpc) is 2.76. The van der Waals surface area contributed by atoms with E-state index < -0.39 is 0 Å². The summed E-state index contributed by atoms with van der Waals surface area (Å²) in [5, 5.41) is 5.92. The minimum absolute atomic E-state index is 0.216. The fourth-order valence-corrected chi connectivity index (χ4v) is 3.14. The van der Waals surface area contributed by atoms with E-state index in [0.717, 1.165) is 12.1 Å². The van der Waals surface area contributed by atoms with Gasteiger partial charge in [-0.05, 0) is 24.8 Å². The molecule has 0 aliphatic rings. The van der Waals surface area contributed by atoms with Crippen LogP contribution in [0.4, 0.5) is 0 Å². The van der Waals surface area contributed by atoms with Gasteiger partial charge in [0.2, 0.25) is 0 Å². The fraction of sp³-hybridized carbons (Fsp3) is 0.588. The van der Waals surface area contributed by atoms with Gasteiger partial charge in [-0.25, -0.2) is 0 Å². The van der Waals surface area contributed by atoms with Gasteiger partial charge in [0.15, 0.2) is 0 Å². The number of nitrogens with two attached hydrogens (primary N) is 1. The van der Waals surface area contributed by atoms with E-state index in [2.05, 4.69) is 43.2 Å². The molecule has 2 aromatic rings. The van der Waals surface area contributed by atoms with Crippen LogP contribution in [0.25, 0.3) is 10.9 Å². The van der Waals surface area contributed by atoms with Gasteiger partial charge in [0.05, 0.1) is 11.2 Å². The van der Waals surface area contributed by atoms with E-state index in [1.54, 1.807) is 0 Å². The van der Waals surface area contributed by atoms with Gasteiger partial charge in [-0.3, -0.25) is 4.68 Å². The largest absolute Gasteiger partial charge is 0.327 e. The summed E-state index contributed by atoms with van der Waals surface area (Å²) in [7, 11) is 2.01. The number of aromatic nitrogens is 2. The molecule has 1 unspecified atom stereocenters. The molecule has 0 spiro atoms. The zero-order valence-corrected chi connectivity index (χ0v) is 13.0. The van der Waals surface area contributed by atoms with Crippen LogP contribution >= 0.6 is 0 Å². The summed E-state index contributed by atoms with van der Waals surface area (Å²) in [4.78, 5) is 0. The van der Waals surface area contributed by atoms with Crippen molar-refractivity contribution >= 4 is 10.9 Å². The van der Waals surface area contributed by atoms with E-state index in [9.17, 15) is 0 Å². The fourth-order valence-electron chi connectivity index (χ4n) is 3.14. The minimum Gasteiger partial charge on any atom is -0.327 e. The van der Waals surface area contributed by atoms with E-state index in [-0.39, 0.29) is 6.04 Å². The number of fused-ring (bicyclic) bond motifs is 1. The topological polar surface area (TPSA) is 43.8 Å². The molecule has 0 saturated heterocycles. The number of para-hydroxylation sites is 1. The molecule has 20 heavy (non-hydrogen) atoms. The van der Waals surface area contributed by atoms with Gasteiger partial charge in [-0.15, -0.1) is 0 Å². The van der Waals surface area contributed by atoms with E-state index in [4.69, 9.17) is 5.73 Å². The molecule has 2 N–H and O–H groups in total. The summed E-state index contributed by atoms with van der Waals surface area (Å²) in [6.07, 6.45) is 5.74. The van der Waals surface area contributed by atoms with E-state index in [0.29, 0.717) is 5.92 Å². The van der Waals surface area contributed by atoms with E-state index >= 15 is 0 Å². The molecular weight excluding hydrogens is 246 g/mol. The zero-order chi connectivity index (χ0) is 14.5. The van der Waals surface area contributed by atoms with Crippen LogP contribution in [0.2, 0.25) is 0 Å². The van der Waals surface area contributed by atoms with Crippen LogP contribution in [-0.4, -0.2) is 15.8 Å². The van der Waals surface area contributed by atoms with Gasteiger partial charge in [0, 0.05) is 24.9 Å². The summed E-state index contributed by atoms with van der Waals surface area (Å²) in [5.41, 5.74) is 8.81. The van der Waals surface area contributed by atoms with Crippen LogP contribution in [0.5, 0.6) is 0 Å². The molecule has 0 amide bonds. The second-order valence-electron chi connectivity index (χ2n) is 5.79. The van der Waals surface area contributed by atoms with Crippen molar-refractivity contribution in [2.24, 2.45) is 18.7 Å². The lowest BCUT2D eigenvalue weighted by atomic mass is 9.88. The highest BCUT2D eigenvalue weighted by Gasteiger charge is 2.19. The number of hydrogen-bond donors (Lipinski definition) is 1. The minimum atomic E-state index is 0.216. The van der Waals surface area contributed by atoms with Crippen molar-refractivity contribution in [1.82, 2.24) is 9.78 Å². The van der Waals surface area contributed by atoms with Gasteiger partial charge in [-0.1, -0.05) is 44.9 Å². The Morgan fingerprint density at radius 2 is 1.80 bits per heavy atom. The number of hydrogen-bond acceptors (Lipinski definition) is 2. The molecule has 0 fully saturated rings. The van der Waals surface area contributed by atoms with E-state index in [1.807, 2.05) is 11.7 Å². The van der Waals surface area contributed by atoms with Crippen molar-refractivity contribution in [3.05, 3.63) is 30.0 Å². The normalized spacial score (nSPS) is 13.2. The first-order valence-electron chi connectivity index (χ1n) is 7.83. The van der Waals surface area contributed by atoms with Crippen LogP contribution in [0, 0.1) is 5.92 Å². The molecule has 3 heteroatoms. The highest BCUT2D eigenvalue weighted by atomic mass is 15.3. The molecule has 1 aromatic heterocycles. The predicted molar refractivity (Wildman–Crippen MR) is 85.7 cm³/mol. The first-order valence-corrected chi connectivity index (χ1v) is 7.83. The zero-order valence-electron chi connectivity index (χ0n) is 13.0. The molecule has 0 aliphatic heterocycles. The molecule has 1 heterocycles. The maximum atomic E-state index is 6.47. The summed E-state index contributed by atoms with van der Waals surface area (Å²) >= 11 is 0. The highest BCUT2D eigenvalue weighted by molar-refractivity contribution is 5.81. The molecule has 3 nitrogen and oxygen atoms in total. The molecule has 0 aliphatic carbocycles. The smallest absolute Gasteiger partial charge is 0.0718 e. The van der Waals surface area contributed by atoms with Crippen molar-refractivity contribution in [2.75, 3.05) is 0 Å². The second kappa shape index (κ2) is 6.89. The number of nitrogens with zero attached hydrogens (tertiary/aromatic N) is 2. The Labute approximate surface area is 122 Å². The van der Waals surface area contributed by atoms with Crippen molar-refractivity contribution in [3.63, 3.8) is 0 Å². The van der Waals surface area contributed by atoms with Gasteiger partial charge < -0.3 is 5.73 Å². The third-order valence-electron chi connectivity index (χ3n) is 4.19. The van der Waals surface area contributed by atoms with Gasteiger partial charge >= 0.3 is 0 Å². The maximum Gasteiger partial charge on any atom is 0.0718 e. The van der Waals surface area contributed by atoms with Gasteiger partial charge in [0.1, 0.15) is 0 Å². The maximum absolute atomic E-state index is 6.47. The van der Waals surface area contributed by atoms with Crippen molar-refractivity contribution in [3.8, 4) is 0 Å². The molecule has 0 saturated carbocycles. The predicted octanol–water partition coefficient (Wildman–Crippen LogP) is 3.66. The number of benzene rings is 1. The van der Waals surface area contributed by atoms with Crippen LogP contribution in [0.15, 0.2) is 24.3 Å². The third-order valence-corrected chi connectivity index (χ3v) is 4.19. The molecule has 2 rings (SSSR count). The van der Waals surface area contributed by atoms with Gasteiger partial charge in [-0.2, -0.15) is 5.10 Å². The van der Waals surface area contributed by atoms with Gasteiger partial charge in [0.25, 0.3) is 0 Å². The monoisotopic (exact) mass is 273 g/mol.